The molecule has 1 aliphatic rings. The second kappa shape index (κ2) is 5.89. The van der Waals surface area contributed by atoms with Gasteiger partial charge in [-0.2, -0.15) is 0 Å². The number of hydrogen-bond donors (Lipinski definition) is 0. The van der Waals surface area contributed by atoms with Crippen molar-refractivity contribution < 1.29 is 4.79 Å². The van der Waals surface area contributed by atoms with Crippen molar-refractivity contribution in [2.75, 3.05) is 24.7 Å². The smallest absolute Gasteiger partial charge is 0.220 e. The van der Waals surface area contributed by atoms with Gasteiger partial charge in [0.1, 0.15) is 0 Å². The number of benzene rings is 1. The second-order valence-electron chi connectivity index (χ2n) is 4.91. The van der Waals surface area contributed by atoms with E-state index in [0.29, 0.717) is 0 Å². The highest BCUT2D eigenvalue weighted by atomic mass is 16.2. The normalized spacial score (nSPS) is 16.6. The number of rotatable bonds is 2. The van der Waals surface area contributed by atoms with Crippen LogP contribution in [0.15, 0.2) is 24.3 Å². The van der Waals surface area contributed by atoms with Crippen LogP contribution in [0.25, 0.3) is 0 Å². The highest BCUT2D eigenvalue weighted by molar-refractivity contribution is 5.73. The summed E-state index contributed by atoms with van der Waals surface area (Å²) in [5.74, 6) is 0.173. The summed E-state index contributed by atoms with van der Waals surface area (Å²) in [6.45, 7) is 6.47. The van der Waals surface area contributed by atoms with Crippen LogP contribution in [-0.4, -0.2) is 30.6 Å². The summed E-state index contributed by atoms with van der Waals surface area (Å²) in [6.07, 6.45) is 3.32. The summed E-state index contributed by atoms with van der Waals surface area (Å²) in [7, 11) is 0. The van der Waals surface area contributed by atoms with Crippen molar-refractivity contribution in [1.82, 2.24) is 4.90 Å². The molecular formula is C15H22N2O. The first-order valence-corrected chi connectivity index (χ1v) is 6.80. The van der Waals surface area contributed by atoms with Crippen LogP contribution in [0.1, 0.15) is 32.3 Å². The lowest BCUT2D eigenvalue weighted by atomic mass is 10.1. The molecule has 1 aliphatic heterocycles. The van der Waals surface area contributed by atoms with Crippen molar-refractivity contribution in [3.8, 4) is 0 Å². The topological polar surface area (TPSA) is 23.6 Å². The van der Waals surface area contributed by atoms with Crippen molar-refractivity contribution in [2.24, 2.45) is 0 Å². The highest BCUT2D eigenvalue weighted by Crippen LogP contribution is 2.19. The number of nitrogens with zero attached hydrogens (tertiary/aromatic N) is 2. The van der Waals surface area contributed by atoms with Crippen molar-refractivity contribution in [3.05, 3.63) is 29.8 Å². The van der Waals surface area contributed by atoms with Gasteiger partial charge in [0.15, 0.2) is 0 Å². The van der Waals surface area contributed by atoms with Crippen LogP contribution in [0.3, 0.4) is 0 Å². The lowest BCUT2D eigenvalue weighted by Gasteiger charge is -2.28. The van der Waals surface area contributed by atoms with E-state index < -0.39 is 0 Å². The quantitative estimate of drug-likeness (QED) is 0.801. The molecule has 1 heterocycles. The Balaban J connectivity index is 2.11. The molecule has 0 aromatic heterocycles. The minimum atomic E-state index is 0.173. The van der Waals surface area contributed by atoms with Gasteiger partial charge in [0.2, 0.25) is 5.91 Å². The average Bonchev–Trinajstić information content (AvgIpc) is 2.65. The van der Waals surface area contributed by atoms with E-state index in [1.165, 1.54) is 11.3 Å². The molecule has 2 rings (SSSR count). The maximum Gasteiger partial charge on any atom is 0.220 e. The number of carbonyl (C=O) groups excluding carboxylic acids is 1. The van der Waals surface area contributed by atoms with Crippen LogP contribution in [0, 0.1) is 0 Å². The molecule has 0 saturated carbocycles. The third-order valence-corrected chi connectivity index (χ3v) is 3.60. The van der Waals surface area contributed by atoms with Crippen molar-refractivity contribution in [2.45, 2.75) is 33.1 Å². The molecule has 0 radical (unpaired) electrons. The molecule has 1 fully saturated rings. The van der Waals surface area contributed by atoms with Gasteiger partial charge in [0.05, 0.1) is 6.67 Å². The van der Waals surface area contributed by atoms with Crippen molar-refractivity contribution in [1.29, 1.82) is 0 Å². The minimum absolute atomic E-state index is 0.173. The molecule has 1 aromatic rings. The Morgan fingerprint density at radius 1 is 1.17 bits per heavy atom. The van der Waals surface area contributed by atoms with Crippen LogP contribution < -0.4 is 4.90 Å². The first-order valence-electron chi connectivity index (χ1n) is 6.80. The van der Waals surface area contributed by atoms with Gasteiger partial charge in [0, 0.05) is 25.7 Å². The van der Waals surface area contributed by atoms with E-state index in [4.69, 9.17) is 0 Å². The van der Waals surface area contributed by atoms with Gasteiger partial charge >= 0.3 is 0 Å². The van der Waals surface area contributed by atoms with E-state index in [0.717, 1.165) is 39.0 Å². The fourth-order valence-electron chi connectivity index (χ4n) is 2.36. The Labute approximate surface area is 109 Å². The third kappa shape index (κ3) is 3.03. The van der Waals surface area contributed by atoms with Gasteiger partial charge in [-0.3, -0.25) is 4.79 Å². The molecule has 98 valence electrons. The first-order chi connectivity index (χ1) is 8.70. The number of anilines is 1. The highest BCUT2D eigenvalue weighted by Gasteiger charge is 2.17. The van der Waals surface area contributed by atoms with Crippen LogP contribution in [0.4, 0.5) is 5.69 Å². The Bertz CT molecular complexity index is 399. The summed E-state index contributed by atoms with van der Waals surface area (Å²) < 4.78 is 0. The summed E-state index contributed by atoms with van der Waals surface area (Å²) in [6, 6.07) is 8.70. The number of aryl methyl sites for hydroxylation is 1. The van der Waals surface area contributed by atoms with Crippen LogP contribution in [0.2, 0.25) is 0 Å². The van der Waals surface area contributed by atoms with Gasteiger partial charge in [0.25, 0.3) is 0 Å². The van der Waals surface area contributed by atoms with E-state index in [9.17, 15) is 4.79 Å². The van der Waals surface area contributed by atoms with Gasteiger partial charge in [-0.25, -0.2) is 0 Å². The summed E-state index contributed by atoms with van der Waals surface area (Å²) >= 11 is 0. The molecule has 1 amide bonds. The van der Waals surface area contributed by atoms with E-state index in [1.807, 2.05) is 4.90 Å². The molecular weight excluding hydrogens is 224 g/mol. The zero-order valence-electron chi connectivity index (χ0n) is 11.4. The average molecular weight is 246 g/mol. The van der Waals surface area contributed by atoms with Crippen LogP contribution in [0.5, 0.6) is 0 Å². The van der Waals surface area contributed by atoms with Gasteiger partial charge in [-0.1, -0.05) is 19.1 Å². The fourth-order valence-corrected chi connectivity index (χ4v) is 2.36. The zero-order valence-corrected chi connectivity index (χ0v) is 11.4. The Hall–Kier alpha value is -1.51. The summed E-state index contributed by atoms with van der Waals surface area (Å²) in [5.41, 5.74) is 2.58. The molecule has 0 N–H and O–H groups in total. The molecule has 1 aromatic carbocycles. The molecule has 3 nitrogen and oxygen atoms in total. The van der Waals surface area contributed by atoms with Gasteiger partial charge in [-0.15, -0.1) is 0 Å². The lowest BCUT2D eigenvalue weighted by molar-refractivity contribution is -0.128. The molecule has 3 heteroatoms. The number of amides is 1. The minimum Gasteiger partial charge on any atom is -0.354 e. The Morgan fingerprint density at radius 2 is 1.83 bits per heavy atom. The molecule has 0 spiro atoms. The third-order valence-electron chi connectivity index (χ3n) is 3.60. The van der Waals surface area contributed by atoms with Crippen LogP contribution in [-0.2, 0) is 11.2 Å². The Kier molecular flexibility index (Phi) is 4.24. The molecule has 0 atom stereocenters. The van der Waals surface area contributed by atoms with Crippen LogP contribution >= 0.6 is 0 Å². The number of carbonyl (C=O) groups is 1. The van der Waals surface area contributed by atoms with Crippen molar-refractivity contribution >= 4 is 11.6 Å². The lowest BCUT2D eigenvalue weighted by Crippen LogP contribution is -2.39. The predicted octanol–water partition coefficient (Wildman–Crippen LogP) is 2.66. The predicted molar refractivity (Wildman–Crippen MR) is 74.7 cm³/mol. The summed E-state index contributed by atoms with van der Waals surface area (Å²) in [5, 5.41) is 0. The maximum atomic E-state index is 11.5. The second-order valence-corrected chi connectivity index (χ2v) is 4.91. The first kappa shape index (κ1) is 12.9. The zero-order chi connectivity index (χ0) is 13.0. The largest absolute Gasteiger partial charge is 0.354 e. The van der Waals surface area contributed by atoms with Crippen molar-refractivity contribution in [3.63, 3.8) is 0 Å². The molecule has 1 saturated heterocycles. The molecule has 0 unspecified atom stereocenters. The van der Waals surface area contributed by atoms with E-state index >= 15 is 0 Å². The maximum absolute atomic E-state index is 11.5. The fraction of sp³-hybridized carbons (Fsp3) is 0.533. The summed E-state index contributed by atoms with van der Waals surface area (Å²) in [4.78, 5) is 15.8. The number of hydrogen-bond acceptors (Lipinski definition) is 2. The van der Waals surface area contributed by atoms with E-state index in [1.54, 1.807) is 6.92 Å². The molecule has 0 bridgehead atoms. The van der Waals surface area contributed by atoms with E-state index in [2.05, 4.69) is 36.1 Å². The van der Waals surface area contributed by atoms with Gasteiger partial charge < -0.3 is 9.80 Å². The van der Waals surface area contributed by atoms with Gasteiger partial charge in [-0.05, 0) is 37.0 Å². The monoisotopic (exact) mass is 246 g/mol. The van der Waals surface area contributed by atoms with E-state index in [-0.39, 0.29) is 5.91 Å². The molecule has 0 aliphatic carbocycles. The molecule has 18 heavy (non-hydrogen) atoms. The Morgan fingerprint density at radius 3 is 2.44 bits per heavy atom. The SMILES string of the molecule is CCc1ccc(N2CCCCN(C(C)=O)C2)cc1. The standard InChI is InChI=1S/C15H22N2O/c1-3-14-6-8-15(9-7-14)17-11-5-4-10-16(12-17)13(2)18/h6-9H,3-5,10-12H2,1-2H3.